The van der Waals surface area contributed by atoms with Crippen LogP contribution in [0.5, 0.6) is 5.75 Å². The third-order valence-corrected chi connectivity index (χ3v) is 1.76. The highest BCUT2D eigenvalue weighted by Crippen LogP contribution is 2.22. The second kappa shape index (κ2) is 4.31. The molecule has 0 saturated heterocycles. The molecular weight excluding hydrogens is 285 g/mol. The standard InChI is InChI=1S/C8H8INO3/c9-4-13-7-3-5(10)1-2-6(7)8(11)12/h1-3H,4,10H2,(H,11,12). The van der Waals surface area contributed by atoms with Crippen LogP contribution < -0.4 is 10.5 Å². The first-order chi connectivity index (χ1) is 6.15. The molecule has 3 N–H and O–H groups in total. The summed E-state index contributed by atoms with van der Waals surface area (Å²) in [7, 11) is 0. The van der Waals surface area contributed by atoms with Gasteiger partial charge in [-0.15, -0.1) is 0 Å². The molecule has 0 aromatic heterocycles. The lowest BCUT2D eigenvalue weighted by Gasteiger charge is -2.06. The van der Waals surface area contributed by atoms with Crippen LogP contribution in [0.1, 0.15) is 10.4 Å². The van der Waals surface area contributed by atoms with Gasteiger partial charge < -0.3 is 15.6 Å². The lowest BCUT2D eigenvalue weighted by Crippen LogP contribution is -2.02. The minimum absolute atomic E-state index is 0.130. The summed E-state index contributed by atoms with van der Waals surface area (Å²) in [5.41, 5.74) is 6.10. The summed E-state index contributed by atoms with van der Waals surface area (Å²) in [6.07, 6.45) is 0. The Morgan fingerprint density at radius 1 is 1.62 bits per heavy atom. The highest BCUT2D eigenvalue weighted by molar-refractivity contribution is 14.1. The van der Waals surface area contributed by atoms with Crippen molar-refractivity contribution < 1.29 is 14.6 Å². The molecule has 0 heterocycles. The van der Waals surface area contributed by atoms with Gasteiger partial charge in [-0.05, 0) is 34.7 Å². The molecule has 0 aliphatic rings. The molecule has 4 nitrogen and oxygen atoms in total. The van der Waals surface area contributed by atoms with Crippen LogP contribution in [0.3, 0.4) is 0 Å². The number of ether oxygens (including phenoxy) is 1. The molecule has 13 heavy (non-hydrogen) atoms. The highest BCUT2D eigenvalue weighted by Gasteiger charge is 2.10. The van der Waals surface area contributed by atoms with Crippen LogP contribution in [0.25, 0.3) is 0 Å². The van der Waals surface area contributed by atoms with Gasteiger partial charge in [-0.3, -0.25) is 0 Å². The Morgan fingerprint density at radius 2 is 2.31 bits per heavy atom. The quantitative estimate of drug-likeness (QED) is 0.506. The molecule has 0 fully saturated rings. The van der Waals surface area contributed by atoms with E-state index in [1.165, 1.54) is 18.2 Å². The zero-order valence-electron chi connectivity index (χ0n) is 6.66. The van der Waals surface area contributed by atoms with Gasteiger partial charge in [-0.2, -0.15) is 0 Å². The predicted octanol–water partition coefficient (Wildman–Crippen LogP) is 1.74. The third kappa shape index (κ3) is 2.48. The number of carbonyl (C=O) groups is 1. The number of rotatable bonds is 3. The molecule has 1 aromatic carbocycles. The number of carboxylic acid groups (broad SMARTS) is 1. The van der Waals surface area contributed by atoms with E-state index in [9.17, 15) is 4.79 Å². The fraction of sp³-hybridized carbons (Fsp3) is 0.125. The van der Waals surface area contributed by atoms with E-state index < -0.39 is 5.97 Å². The Kier molecular flexibility index (Phi) is 3.35. The van der Waals surface area contributed by atoms with E-state index in [2.05, 4.69) is 0 Å². The molecule has 70 valence electrons. The second-order valence-electron chi connectivity index (χ2n) is 2.31. The summed E-state index contributed by atoms with van der Waals surface area (Å²) in [4.78, 5) is 10.7. The summed E-state index contributed by atoms with van der Waals surface area (Å²) in [6.45, 7) is 0. The number of nitrogen functional groups attached to an aromatic ring is 1. The fourth-order valence-corrected chi connectivity index (χ4v) is 1.23. The van der Waals surface area contributed by atoms with Crippen LogP contribution >= 0.6 is 22.6 Å². The number of hydrogen-bond donors (Lipinski definition) is 2. The number of aromatic carboxylic acids is 1. The molecule has 0 bridgehead atoms. The maximum atomic E-state index is 10.7. The molecule has 0 radical (unpaired) electrons. The molecule has 0 aliphatic carbocycles. The molecule has 0 atom stereocenters. The number of carboxylic acids is 1. The van der Waals surface area contributed by atoms with Crippen molar-refractivity contribution in [2.45, 2.75) is 0 Å². The van der Waals surface area contributed by atoms with Crippen LogP contribution in [0, 0.1) is 0 Å². The van der Waals surface area contributed by atoms with Crippen molar-refractivity contribution in [2.24, 2.45) is 0 Å². The SMILES string of the molecule is Nc1ccc(C(=O)O)c(OCI)c1. The van der Waals surface area contributed by atoms with Crippen molar-refractivity contribution in [3.05, 3.63) is 23.8 Å². The number of hydrogen-bond acceptors (Lipinski definition) is 3. The van der Waals surface area contributed by atoms with Crippen molar-refractivity contribution in [2.75, 3.05) is 10.3 Å². The smallest absolute Gasteiger partial charge is 0.339 e. The number of benzene rings is 1. The predicted molar refractivity (Wildman–Crippen MR) is 57.3 cm³/mol. The number of nitrogens with two attached hydrogens (primary N) is 1. The van der Waals surface area contributed by atoms with E-state index in [4.69, 9.17) is 15.6 Å². The zero-order chi connectivity index (χ0) is 9.84. The molecule has 1 aromatic rings. The van der Waals surface area contributed by atoms with Crippen LogP contribution in [0.2, 0.25) is 0 Å². The van der Waals surface area contributed by atoms with Gasteiger partial charge in [-0.1, -0.05) is 0 Å². The van der Waals surface area contributed by atoms with E-state index in [0.29, 0.717) is 16.1 Å². The van der Waals surface area contributed by atoms with Gasteiger partial charge in [0.1, 0.15) is 15.9 Å². The van der Waals surface area contributed by atoms with E-state index >= 15 is 0 Å². The molecule has 1 rings (SSSR count). The topological polar surface area (TPSA) is 72.6 Å². The molecular formula is C8H8INO3. The average Bonchev–Trinajstić information content (AvgIpc) is 2.04. The minimum atomic E-state index is -1.01. The van der Waals surface area contributed by atoms with Gasteiger partial charge in [-0.25, -0.2) is 4.79 Å². The van der Waals surface area contributed by atoms with Gasteiger partial charge in [0.15, 0.2) is 0 Å². The highest BCUT2D eigenvalue weighted by atomic mass is 127. The number of alkyl halides is 1. The normalized spacial score (nSPS) is 9.62. The van der Waals surface area contributed by atoms with Crippen molar-refractivity contribution in [3.8, 4) is 5.75 Å². The van der Waals surface area contributed by atoms with Gasteiger partial charge in [0.25, 0.3) is 0 Å². The first-order valence-electron chi connectivity index (χ1n) is 3.46. The first kappa shape index (κ1) is 10.1. The average molecular weight is 293 g/mol. The van der Waals surface area contributed by atoms with Crippen molar-refractivity contribution >= 4 is 34.2 Å². The minimum Gasteiger partial charge on any atom is -0.482 e. The Bertz CT molecular complexity index is 327. The Balaban J connectivity index is 3.10. The summed E-state index contributed by atoms with van der Waals surface area (Å²) in [5.74, 6) is -0.707. The summed E-state index contributed by atoms with van der Waals surface area (Å²) in [5, 5.41) is 8.76. The third-order valence-electron chi connectivity index (χ3n) is 1.45. The maximum Gasteiger partial charge on any atom is 0.339 e. The monoisotopic (exact) mass is 293 g/mol. The molecule has 0 saturated carbocycles. The first-order valence-corrected chi connectivity index (χ1v) is 4.99. The second-order valence-corrected chi connectivity index (χ2v) is 2.94. The van der Waals surface area contributed by atoms with Gasteiger partial charge in [0, 0.05) is 11.8 Å². The lowest BCUT2D eigenvalue weighted by atomic mass is 10.2. The summed E-state index contributed by atoms with van der Waals surface area (Å²) >= 11 is 1.99. The molecule has 0 unspecified atom stereocenters. The molecule has 5 heteroatoms. The molecule has 0 aliphatic heterocycles. The zero-order valence-corrected chi connectivity index (χ0v) is 8.82. The Morgan fingerprint density at radius 3 is 2.85 bits per heavy atom. The van der Waals surface area contributed by atoms with Gasteiger partial charge in [0.2, 0.25) is 0 Å². The Labute approximate surface area is 88.8 Å². The van der Waals surface area contributed by atoms with E-state index in [1.807, 2.05) is 22.6 Å². The van der Waals surface area contributed by atoms with E-state index in [0.717, 1.165) is 0 Å². The fourth-order valence-electron chi connectivity index (χ4n) is 0.894. The number of halogens is 1. The van der Waals surface area contributed by atoms with Crippen LogP contribution in [0.4, 0.5) is 5.69 Å². The van der Waals surface area contributed by atoms with E-state index in [-0.39, 0.29) is 5.56 Å². The van der Waals surface area contributed by atoms with Gasteiger partial charge in [0.05, 0.1) is 0 Å². The van der Waals surface area contributed by atoms with Gasteiger partial charge >= 0.3 is 5.97 Å². The van der Waals surface area contributed by atoms with Crippen LogP contribution in [-0.4, -0.2) is 15.7 Å². The Hall–Kier alpha value is -0.980. The van der Waals surface area contributed by atoms with E-state index in [1.54, 1.807) is 0 Å². The van der Waals surface area contributed by atoms with Crippen molar-refractivity contribution in [1.82, 2.24) is 0 Å². The molecule has 0 spiro atoms. The van der Waals surface area contributed by atoms with Crippen molar-refractivity contribution in [3.63, 3.8) is 0 Å². The van der Waals surface area contributed by atoms with Crippen LogP contribution in [-0.2, 0) is 0 Å². The largest absolute Gasteiger partial charge is 0.482 e. The van der Waals surface area contributed by atoms with Crippen molar-refractivity contribution in [1.29, 1.82) is 0 Å². The number of anilines is 1. The summed E-state index contributed by atoms with van der Waals surface area (Å²) in [6, 6.07) is 4.46. The maximum absolute atomic E-state index is 10.7. The van der Waals surface area contributed by atoms with Crippen LogP contribution in [0.15, 0.2) is 18.2 Å². The summed E-state index contributed by atoms with van der Waals surface area (Å²) < 4.78 is 5.50. The molecule has 0 amide bonds. The lowest BCUT2D eigenvalue weighted by molar-refractivity contribution is 0.0693.